The summed E-state index contributed by atoms with van der Waals surface area (Å²) in [6, 6.07) is 4.88. The Hall–Kier alpha value is -1.88. The minimum atomic E-state index is -0.691. The van der Waals surface area contributed by atoms with E-state index in [0.717, 1.165) is 0 Å². The Morgan fingerprint density at radius 3 is 2.88 bits per heavy atom. The molecule has 5 heteroatoms. The van der Waals surface area contributed by atoms with Crippen LogP contribution in [-0.4, -0.2) is 28.1 Å². The normalized spacial score (nSPS) is 12.7. The third kappa shape index (κ3) is 1.55. The minimum absolute atomic E-state index is 0.389. The maximum absolute atomic E-state index is 10.7. The molecule has 5 nitrogen and oxygen atoms in total. The van der Waals surface area contributed by atoms with E-state index in [-0.39, 0.29) is 0 Å². The molecule has 83 valence electrons. The van der Waals surface area contributed by atoms with Crippen molar-refractivity contribution < 1.29 is 14.6 Å². The van der Waals surface area contributed by atoms with Gasteiger partial charge in [0.1, 0.15) is 0 Å². The molecule has 0 aliphatic rings. The minimum Gasteiger partial charge on any atom is -0.481 e. The van der Waals surface area contributed by atoms with Gasteiger partial charge in [-0.25, -0.2) is 0 Å². The van der Waals surface area contributed by atoms with Crippen molar-refractivity contribution in [3.05, 3.63) is 29.5 Å². The predicted octanol–water partition coefficient (Wildman–Crippen LogP) is 0.854. The molecule has 0 aromatic carbocycles. The van der Waals surface area contributed by atoms with Gasteiger partial charge < -0.3 is 9.84 Å². The molecular formula is C11H11N2O3. The summed E-state index contributed by atoms with van der Waals surface area (Å²) < 4.78 is 6.58. The summed E-state index contributed by atoms with van der Waals surface area (Å²) in [4.78, 5) is 10.7. The Kier molecular flexibility index (Phi) is 2.62. The van der Waals surface area contributed by atoms with E-state index >= 15 is 0 Å². The molecule has 0 bridgehead atoms. The van der Waals surface area contributed by atoms with Crippen LogP contribution in [0, 0.1) is 0 Å². The van der Waals surface area contributed by atoms with Gasteiger partial charge in [-0.05, 0) is 19.1 Å². The van der Waals surface area contributed by atoms with Crippen LogP contribution in [0.1, 0.15) is 24.3 Å². The summed E-state index contributed by atoms with van der Waals surface area (Å²) in [5, 5.41) is 13.6. The molecule has 1 unspecified atom stereocenters. The number of hydrogen-bond donors (Lipinski definition) is 1. The lowest BCUT2D eigenvalue weighted by atomic mass is 10.2. The second-order valence-corrected chi connectivity index (χ2v) is 3.43. The van der Waals surface area contributed by atoms with Gasteiger partial charge in [-0.3, -0.25) is 4.79 Å². The largest absolute Gasteiger partial charge is 0.481 e. The standard InChI is InChI=1S/C11H11N2O3/c1-7(15)9-5-10-8(6-14)3-4-11(16-2)13(10)12-9/h3-5,7,15H,1-2H3. The predicted molar refractivity (Wildman–Crippen MR) is 57.2 cm³/mol. The molecular weight excluding hydrogens is 208 g/mol. The van der Waals surface area contributed by atoms with Crippen molar-refractivity contribution in [2.45, 2.75) is 13.0 Å². The molecule has 2 rings (SSSR count). The molecule has 0 saturated carbocycles. The Bertz CT molecular complexity index is 531. The molecule has 2 heterocycles. The summed E-state index contributed by atoms with van der Waals surface area (Å²) in [6.45, 7) is 1.61. The first-order valence-electron chi connectivity index (χ1n) is 4.80. The molecule has 0 aliphatic carbocycles. The van der Waals surface area contributed by atoms with Crippen molar-refractivity contribution in [1.29, 1.82) is 0 Å². The number of fused-ring (bicyclic) bond motifs is 1. The number of rotatable bonds is 3. The van der Waals surface area contributed by atoms with Crippen LogP contribution >= 0.6 is 0 Å². The van der Waals surface area contributed by atoms with Crippen LogP contribution in [0.25, 0.3) is 5.52 Å². The first-order chi connectivity index (χ1) is 7.67. The lowest BCUT2D eigenvalue weighted by Gasteiger charge is -2.03. The van der Waals surface area contributed by atoms with Crippen LogP contribution < -0.4 is 4.74 Å². The molecule has 0 amide bonds. The van der Waals surface area contributed by atoms with Crippen LogP contribution in [0.3, 0.4) is 0 Å². The highest BCUT2D eigenvalue weighted by molar-refractivity contribution is 5.86. The molecule has 1 radical (unpaired) electrons. The van der Waals surface area contributed by atoms with Gasteiger partial charge in [-0.1, -0.05) is 0 Å². The third-order valence-electron chi connectivity index (χ3n) is 2.35. The van der Waals surface area contributed by atoms with E-state index in [1.54, 1.807) is 25.1 Å². The first-order valence-corrected chi connectivity index (χ1v) is 4.80. The Morgan fingerprint density at radius 1 is 1.56 bits per heavy atom. The summed E-state index contributed by atoms with van der Waals surface area (Å²) >= 11 is 0. The molecule has 0 saturated heterocycles. The molecule has 1 N–H and O–H groups in total. The lowest BCUT2D eigenvalue weighted by Crippen LogP contribution is -1.99. The van der Waals surface area contributed by atoms with E-state index in [1.807, 2.05) is 6.29 Å². The zero-order chi connectivity index (χ0) is 11.7. The van der Waals surface area contributed by atoms with Crippen LogP contribution in [0.15, 0.2) is 18.2 Å². The highest BCUT2D eigenvalue weighted by atomic mass is 16.5. The summed E-state index contributed by atoms with van der Waals surface area (Å²) in [6.07, 6.45) is 1.13. The van der Waals surface area contributed by atoms with Gasteiger partial charge >= 0.3 is 0 Å². The van der Waals surface area contributed by atoms with Crippen molar-refractivity contribution in [2.24, 2.45) is 0 Å². The fourth-order valence-corrected chi connectivity index (χ4v) is 1.51. The number of aliphatic hydroxyl groups is 1. The number of hydrogen-bond acceptors (Lipinski definition) is 4. The fraction of sp³-hybridized carbons (Fsp3) is 0.273. The topological polar surface area (TPSA) is 63.8 Å². The molecule has 16 heavy (non-hydrogen) atoms. The Balaban J connectivity index is 2.75. The monoisotopic (exact) mass is 219 g/mol. The molecule has 1 atom stereocenters. The molecule has 2 aromatic rings. The molecule has 0 aliphatic heterocycles. The zero-order valence-corrected chi connectivity index (χ0v) is 8.97. The van der Waals surface area contributed by atoms with Gasteiger partial charge in [0.15, 0.2) is 0 Å². The van der Waals surface area contributed by atoms with Gasteiger partial charge in [0.25, 0.3) is 0 Å². The van der Waals surface area contributed by atoms with Crippen molar-refractivity contribution in [3.63, 3.8) is 0 Å². The average Bonchev–Trinajstić information content (AvgIpc) is 2.72. The van der Waals surface area contributed by atoms with Crippen molar-refractivity contribution in [2.75, 3.05) is 7.11 Å². The second-order valence-electron chi connectivity index (χ2n) is 3.43. The van der Waals surface area contributed by atoms with E-state index in [4.69, 9.17) is 4.74 Å². The molecule has 0 spiro atoms. The summed E-state index contributed by atoms with van der Waals surface area (Å²) in [5.74, 6) is 0.501. The number of carbonyl (C=O) groups excluding carboxylic acids is 1. The van der Waals surface area contributed by atoms with Crippen molar-refractivity contribution in [1.82, 2.24) is 9.61 Å². The Morgan fingerprint density at radius 2 is 2.31 bits per heavy atom. The number of aliphatic hydroxyl groups excluding tert-OH is 1. The average molecular weight is 219 g/mol. The Labute approximate surface area is 92.3 Å². The molecule has 0 fully saturated rings. The van der Waals surface area contributed by atoms with Crippen molar-refractivity contribution in [3.8, 4) is 5.88 Å². The quantitative estimate of drug-likeness (QED) is 0.831. The van der Waals surface area contributed by atoms with Gasteiger partial charge in [-0.15, -0.1) is 0 Å². The van der Waals surface area contributed by atoms with E-state index in [9.17, 15) is 9.90 Å². The van der Waals surface area contributed by atoms with E-state index in [0.29, 0.717) is 22.7 Å². The van der Waals surface area contributed by atoms with Gasteiger partial charge in [0.2, 0.25) is 12.2 Å². The maximum Gasteiger partial charge on any atom is 0.235 e. The highest BCUT2D eigenvalue weighted by Gasteiger charge is 2.12. The number of methoxy groups -OCH3 is 1. The smallest absolute Gasteiger partial charge is 0.235 e. The lowest BCUT2D eigenvalue weighted by molar-refractivity contribution is 0.193. The van der Waals surface area contributed by atoms with Gasteiger partial charge in [-0.2, -0.15) is 9.61 Å². The summed E-state index contributed by atoms with van der Waals surface area (Å²) in [7, 11) is 1.52. The number of nitrogens with zero attached hydrogens (tertiary/aromatic N) is 2. The van der Waals surface area contributed by atoms with Gasteiger partial charge in [0.05, 0.1) is 30.0 Å². The first kappa shape index (κ1) is 10.6. The maximum atomic E-state index is 10.7. The van der Waals surface area contributed by atoms with Crippen LogP contribution in [0.4, 0.5) is 0 Å². The third-order valence-corrected chi connectivity index (χ3v) is 2.35. The van der Waals surface area contributed by atoms with Crippen molar-refractivity contribution >= 4 is 11.8 Å². The molecule has 2 aromatic heterocycles. The van der Waals surface area contributed by atoms with E-state index < -0.39 is 6.10 Å². The van der Waals surface area contributed by atoms with Crippen LogP contribution in [0.5, 0.6) is 5.88 Å². The summed E-state index contributed by atoms with van der Waals surface area (Å²) in [5.41, 5.74) is 1.45. The SMILES string of the molecule is COc1ccc([C]=O)c2cc(C(C)O)nn12. The second kappa shape index (κ2) is 3.94. The van der Waals surface area contributed by atoms with E-state index in [1.165, 1.54) is 11.6 Å². The number of aromatic nitrogens is 2. The number of pyridine rings is 1. The van der Waals surface area contributed by atoms with Crippen LogP contribution in [-0.2, 0) is 4.79 Å². The van der Waals surface area contributed by atoms with E-state index in [2.05, 4.69) is 5.10 Å². The number of ether oxygens (including phenoxy) is 1. The van der Waals surface area contributed by atoms with Gasteiger partial charge in [0, 0.05) is 6.07 Å². The highest BCUT2D eigenvalue weighted by Crippen LogP contribution is 2.21. The van der Waals surface area contributed by atoms with Crippen LogP contribution in [0.2, 0.25) is 0 Å². The zero-order valence-electron chi connectivity index (χ0n) is 8.97. The fourth-order valence-electron chi connectivity index (χ4n) is 1.51.